The SMILES string of the molecule is CC(C)c1ccccc1N(c1cc(Cl)cc(Oc2ccccc2)c1)c1cccc(-c2cccc(N)c2)c1C(C)C. The monoisotopic (exact) mass is 546 g/mol. The molecule has 0 spiro atoms. The fraction of sp³-hybridized carbons (Fsp3) is 0.167. The Morgan fingerprint density at radius 3 is 2.08 bits per heavy atom. The molecule has 0 bridgehead atoms. The third kappa shape index (κ3) is 5.85. The first-order chi connectivity index (χ1) is 19.3. The lowest BCUT2D eigenvalue weighted by Crippen LogP contribution is -2.16. The molecule has 0 radical (unpaired) electrons. The zero-order valence-corrected chi connectivity index (χ0v) is 24.2. The standard InChI is InChI=1S/C36H35ClN2O/c1-24(2)32-16-8-9-18-34(32)39(29-21-27(37)22-31(23-29)40-30-14-6-5-7-15-30)35-19-11-17-33(36(35)25(3)4)26-12-10-13-28(38)20-26/h5-25H,38H2,1-4H3. The Balaban J connectivity index is 1.77. The molecule has 5 aromatic rings. The van der Waals surface area contributed by atoms with Crippen LogP contribution in [0.15, 0.2) is 115 Å². The summed E-state index contributed by atoms with van der Waals surface area (Å²) in [4.78, 5) is 2.32. The number of hydrogen-bond donors (Lipinski definition) is 1. The Morgan fingerprint density at radius 1 is 0.650 bits per heavy atom. The molecule has 0 saturated carbocycles. The van der Waals surface area contributed by atoms with E-state index in [4.69, 9.17) is 22.1 Å². The van der Waals surface area contributed by atoms with Gasteiger partial charge in [0.1, 0.15) is 11.5 Å². The van der Waals surface area contributed by atoms with Crippen LogP contribution in [0.3, 0.4) is 0 Å². The molecule has 3 nitrogen and oxygen atoms in total. The first kappa shape index (κ1) is 27.4. The van der Waals surface area contributed by atoms with E-state index in [2.05, 4.69) is 87.2 Å². The number of nitrogen functional groups attached to an aromatic ring is 1. The third-order valence-electron chi connectivity index (χ3n) is 6.99. The van der Waals surface area contributed by atoms with Crippen LogP contribution in [0.1, 0.15) is 50.7 Å². The van der Waals surface area contributed by atoms with Crippen molar-refractivity contribution in [3.8, 4) is 22.6 Å². The molecule has 0 aliphatic carbocycles. The lowest BCUT2D eigenvalue weighted by atomic mass is 9.89. The second-order valence-electron chi connectivity index (χ2n) is 10.6. The maximum atomic E-state index is 6.76. The van der Waals surface area contributed by atoms with Gasteiger partial charge in [-0.05, 0) is 82.6 Å². The molecule has 0 fully saturated rings. The molecule has 202 valence electrons. The van der Waals surface area contributed by atoms with Gasteiger partial charge < -0.3 is 15.4 Å². The Hall–Kier alpha value is -4.21. The van der Waals surface area contributed by atoms with Crippen LogP contribution in [0.5, 0.6) is 11.5 Å². The van der Waals surface area contributed by atoms with Gasteiger partial charge in [-0.3, -0.25) is 0 Å². The molecule has 2 N–H and O–H groups in total. The molecule has 0 aromatic heterocycles. The predicted molar refractivity (Wildman–Crippen MR) is 171 cm³/mol. The van der Waals surface area contributed by atoms with Crippen molar-refractivity contribution in [2.24, 2.45) is 0 Å². The summed E-state index contributed by atoms with van der Waals surface area (Å²) in [5, 5.41) is 0.605. The Labute approximate surface area is 242 Å². The van der Waals surface area contributed by atoms with Gasteiger partial charge in [0.2, 0.25) is 0 Å². The second-order valence-corrected chi connectivity index (χ2v) is 11.1. The Kier molecular flexibility index (Phi) is 8.14. The normalized spacial score (nSPS) is 11.2. The summed E-state index contributed by atoms with van der Waals surface area (Å²) in [7, 11) is 0. The maximum Gasteiger partial charge on any atom is 0.131 e. The fourth-order valence-electron chi connectivity index (χ4n) is 5.26. The fourth-order valence-corrected chi connectivity index (χ4v) is 5.48. The number of benzene rings is 5. The van der Waals surface area contributed by atoms with Crippen LogP contribution in [-0.2, 0) is 0 Å². The van der Waals surface area contributed by atoms with Crippen LogP contribution in [-0.4, -0.2) is 0 Å². The highest BCUT2D eigenvalue weighted by molar-refractivity contribution is 6.31. The van der Waals surface area contributed by atoms with E-state index in [9.17, 15) is 0 Å². The number of para-hydroxylation sites is 2. The minimum absolute atomic E-state index is 0.237. The molecule has 0 saturated heterocycles. The quantitative estimate of drug-likeness (QED) is 0.197. The summed E-state index contributed by atoms with van der Waals surface area (Å²) in [6, 6.07) is 38.9. The van der Waals surface area contributed by atoms with Gasteiger partial charge >= 0.3 is 0 Å². The van der Waals surface area contributed by atoms with E-state index in [1.807, 2.05) is 60.7 Å². The average molecular weight is 547 g/mol. The summed E-state index contributed by atoms with van der Waals surface area (Å²) in [5.41, 5.74) is 14.8. The Bertz CT molecular complexity index is 1610. The molecule has 5 rings (SSSR count). The van der Waals surface area contributed by atoms with Crippen molar-refractivity contribution < 1.29 is 4.74 Å². The first-order valence-corrected chi connectivity index (χ1v) is 14.1. The highest BCUT2D eigenvalue weighted by Crippen LogP contribution is 2.46. The van der Waals surface area contributed by atoms with Crippen LogP contribution in [0.25, 0.3) is 11.1 Å². The molecule has 5 aromatic carbocycles. The summed E-state index contributed by atoms with van der Waals surface area (Å²) < 4.78 is 6.26. The number of rotatable bonds is 8. The van der Waals surface area contributed by atoms with Crippen LogP contribution in [0.4, 0.5) is 22.7 Å². The van der Waals surface area contributed by atoms with Crippen LogP contribution in [0.2, 0.25) is 5.02 Å². The van der Waals surface area contributed by atoms with E-state index in [0.29, 0.717) is 16.7 Å². The lowest BCUT2D eigenvalue weighted by molar-refractivity contribution is 0.483. The number of ether oxygens (including phenoxy) is 1. The summed E-state index contributed by atoms with van der Waals surface area (Å²) >= 11 is 6.76. The molecule has 0 aliphatic rings. The molecular weight excluding hydrogens is 512 g/mol. The minimum atomic E-state index is 0.237. The topological polar surface area (TPSA) is 38.5 Å². The van der Waals surface area contributed by atoms with E-state index in [1.165, 1.54) is 11.1 Å². The molecule has 4 heteroatoms. The van der Waals surface area contributed by atoms with E-state index in [1.54, 1.807) is 0 Å². The van der Waals surface area contributed by atoms with Gasteiger partial charge in [0.25, 0.3) is 0 Å². The van der Waals surface area contributed by atoms with E-state index in [0.717, 1.165) is 39.6 Å². The van der Waals surface area contributed by atoms with Gasteiger partial charge in [-0.15, -0.1) is 0 Å². The summed E-state index contributed by atoms with van der Waals surface area (Å²) in [6.07, 6.45) is 0. The molecule has 0 amide bonds. The van der Waals surface area contributed by atoms with Crippen molar-refractivity contribution in [2.45, 2.75) is 39.5 Å². The van der Waals surface area contributed by atoms with E-state index < -0.39 is 0 Å². The van der Waals surface area contributed by atoms with Gasteiger partial charge in [0.05, 0.1) is 11.4 Å². The number of halogens is 1. The third-order valence-corrected chi connectivity index (χ3v) is 7.21. The average Bonchev–Trinajstić information content (AvgIpc) is 2.93. The molecule has 0 aliphatic heterocycles. The van der Waals surface area contributed by atoms with Crippen LogP contribution >= 0.6 is 11.6 Å². The van der Waals surface area contributed by atoms with Crippen LogP contribution in [0, 0.1) is 0 Å². The summed E-state index contributed by atoms with van der Waals surface area (Å²) in [6.45, 7) is 8.93. The largest absolute Gasteiger partial charge is 0.457 e. The van der Waals surface area contributed by atoms with E-state index >= 15 is 0 Å². The van der Waals surface area contributed by atoms with Crippen molar-refractivity contribution in [3.05, 3.63) is 131 Å². The maximum absolute atomic E-state index is 6.76. The van der Waals surface area contributed by atoms with Gasteiger partial charge in [0, 0.05) is 22.5 Å². The van der Waals surface area contributed by atoms with Gasteiger partial charge in [0.15, 0.2) is 0 Å². The van der Waals surface area contributed by atoms with Crippen molar-refractivity contribution in [1.82, 2.24) is 0 Å². The molecule has 0 heterocycles. The van der Waals surface area contributed by atoms with E-state index in [-0.39, 0.29) is 5.92 Å². The molecule has 0 unspecified atom stereocenters. The molecule has 0 atom stereocenters. The first-order valence-electron chi connectivity index (χ1n) is 13.7. The van der Waals surface area contributed by atoms with Gasteiger partial charge in [-0.1, -0.05) is 100.0 Å². The Morgan fingerprint density at radius 2 is 1.35 bits per heavy atom. The van der Waals surface area contributed by atoms with Gasteiger partial charge in [-0.2, -0.15) is 0 Å². The van der Waals surface area contributed by atoms with Crippen molar-refractivity contribution in [3.63, 3.8) is 0 Å². The van der Waals surface area contributed by atoms with Crippen molar-refractivity contribution >= 4 is 34.4 Å². The number of nitrogens with two attached hydrogens (primary N) is 1. The molecular formula is C36H35ClN2O. The highest BCUT2D eigenvalue weighted by atomic mass is 35.5. The number of nitrogens with zero attached hydrogens (tertiary/aromatic N) is 1. The highest BCUT2D eigenvalue weighted by Gasteiger charge is 2.24. The minimum Gasteiger partial charge on any atom is -0.457 e. The molecule has 40 heavy (non-hydrogen) atoms. The number of hydrogen-bond acceptors (Lipinski definition) is 3. The van der Waals surface area contributed by atoms with Crippen molar-refractivity contribution in [2.75, 3.05) is 10.6 Å². The van der Waals surface area contributed by atoms with Gasteiger partial charge in [-0.25, -0.2) is 0 Å². The second kappa shape index (κ2) is 11.9. The van der Waals surface area contributed by atoms with Crippen LogP contribution < -0.4 is 15.4 Å². The van der Waals surface area contributed by atoms with Crippen molar-refractivity contribution in [1.29, 1.82) is 0 Å². The number of anilines is 4. The zero-order valence-electron chi connectivity index (χ0n) is 23.4. The lowest BCUT2D eigenvalue weighted by Gasteiger charge is -2.32. The summed E-state index contributed by atoms with van der Waals surface area (Å²) in [5.74, 6) is 1.99. The smallest absolute Gasteiger partial charge is 0.131 e. The zero-order chi connectivity index (χ0) is 28.2. The predicted octanol–water partition coefficient (Wildman–Crippen LogP) is 11.1.